The number of rotatable bonds is 6. The van der Waals surface area contributed by atoms with Gasteiger partial charge in [-0.2, -0.15) is 0 Å². The number of hydrogen-bond donors (Lipinski definition) is 2. The highest BCUT2D eigenvalue weighted by Gasteiger charge is 2.16. The molecule has 20 heavy (non-hydrogen) atoms. The van der Waals surface area contributed by atoms with Crippen LogP contribution in [0.2, 0.25) is 0 Å². The second kappa shape index (κ2) is 6.87. The normalized spacial score (nSPS) is 12.1. The fraction of sp³-hybridized carbons (Fsp3) is 0.235. The van der Waals surface area contributed by atoms with Crippen LogP contribution in [-0.2, 0) is 11.2 Å². The van der Waals surface area contributed by atoms with Crippen LogP contribution in [0.4, 0.5) is 0 Å². The van der Waals surface area contributed by atoms with Crippen LogP contribution < -0.4 is 5.32 Å². The number of likely N-dealkylation sites (N-methyl/N-ethyl adjacent to an activating group) is 1. The van der Waals surface area contributed by atoms with E-state index in [1.54, 1.807) is 0 Å². The summed E-state index contributed by atoms with van der Waals surface area (Å²) in [6.45, 7) is 2.56. The van der Waals surface area contributed by atoms with Gasteiger partial charge < -0.3 is 10.4 Å². The second-order valence-electron chi connectivity index (χ2n) is 4.72. The lowest BCUT2D eigenvalue weighted by atomic mass is 10.0. The van der Waals surface area contributed by atoms with Crippen molar-refractivity contribution in [2.45, 2.75) is 19.4 Å². The lowest BCUT2D eigenvalue weighted by molar-refractivity contribution is -0.139. The van der Waals surface area contributed by atoms with Crippen LogP contribution in [0, 0.1) is 0 Å². The molecule has 0 saturated heterocycles. The molecule has 2 N–H and O–H groups in total. The molecule has 0 aromatic heterocycles. The summed E-state index contributed by atoms with van der Waals surface area (Å²) in [5, 5.41) is 12.1. The first-order chi connectivity index (χ1) is 9.70. The zero-order valence-electron chi connectivity index (χ0n) is 11.5. The van der Waals surface area contributed by atoms with Gasteiger partial charge in [0.2, 0.25) is 0 Å². The molecular weight excluding hydrogens is 250 g/mol. The summed E-state index contributed by atoms with van der Waals surface area (Å²) in [5.41, 5.74) is 3.34. The van der Waals surface area contributed by atoms with Crippen LogP contribution in [0.15, 0.2) is 54.6 Å². The number of carboxylic acid groups (broad SMARTS) is 1. The Kier molecular flexibility index (Phi) is 4.91. The Morgan fingerprint density at radius 3 is 2.20 bits per heavy atom. The summed E-state index contributed by atoms with van der Waals surface area (Å²) in [5.74, 6) is -0.806. The number of carbonyl (C=O) groups is 1. The molecule has 2 rings (SSSR count). The molecule has 0 saturated carbocycles. The number of carboxylic acids is 1. The minimum Gasteiger partial charge on any atom is -0.480 e. The van der Waals surface area contributed by atoms with E-state index >= 15 is 0 Å². The van der Waals surface area contributed by atoms with Crippen molar-refractivity contribution in [3.8, 4) is 11.1 Å². The summed E-state index contributed by atoms with van der Waals surface area (Å²) >= 11 is 0. The molecule has 0 aliphatic rings. The largest absolute Gasteiger partial charge is 0.480 e. The third-order valence-electron chi connectivity index (χ3n) is 3.25. The van der Waals surface area contributed by atoms with Gasteiger partial charge in [0.25, 0.3) is 0 Å². The van der Waals surface area contributed by atoms with Gasteiger partial charge in [0.1, 0.15) is 6.04 Å². The number of hydrogen-bond acceptors (Lipinski definition) is 2. The number of aliphatic carboxylic acids is 1. The van der Waals surface area contributed by atoms with E-state index in [0.29, 0.717) is 13.0 Å². The fourth-order valence-electron chi connectivity index (χ4n) is 2.19. The molecule has 0 heterocycles. The molecule has 104 valence electrons. The van der Waals surface area contributed by atoms with Gasteiger partial charge in [-0.1, -0.05) is 61.5 Å². The van der Waals surface area contributed by atoms with Gasteiger partial charge in [0.05, 0.1) is 0 Å². The molecular formula is C17H19NO2. The molecule has 3 nitrogen and oxygen atoms in total. The summed E-state index contributed by atoms with van der Waals surface area (Å²) in [4.78, 5) is 11.1. The number of benzene rings is 2. The predicted octanol–water partition coefficient (Wildman–Crippen LogP) is 2.96. The van der Waals surface area contributed by atoms with E-state index in [-0.39, 0.29) is 0 Å². The van der Waals surface area contributed by atoms with Gasteiger partial charge in [0.15, 0.2) is 0 Å². The fourth-order valence-corrected chi connectivity index (χ4v) is 2.19. The predicted molar refractivity (Wildman–Crippen MR) is 80.7 cm³/mol. The lowest BCUT2D eigenvalue weighted by Crippen LogP contribution is -2.38. The van der Waals surface area contributed by atoms with Gasteiger partial charge in [-0.25, -0.2) is 0 Å². The molecule has 0 fully saturated rings. The van der Waals surface area contributed by atoms with E-state index in [1.807, 2.05) is 49.4 Å². The molecule has 2 aromatic carbocycles. The van der Waals surface area contributed by atoms with Gasteiger partial charge in [-0.3, -0.25) is 4.79 Å². The Morgan fingerprint density at radius 1 is 1.05 bits per heavy atom. The Bertz CT molecular complexity index is 549. The minimum atomic E-state index is -0.806. The molecule has 0 aliphatic heterocycles. The van der Waals surface area contributed by atoms with Gasteiger partial charge in [0, 0.05) is 0 Å². The molecule has 0 amide bonds. The van der Waals surface area contributed by atoms with E-state index in [1.165, 1.54) is 5.56 Å². The molecule has 1 unspecified atom stereocenters. The summed E-state index contributed by atoms with van der Waals surface area (Å²) in [6.07, 6.45) is 0.498. The SMILES string of the molecule is CCNC(Cc1ccc(-c2ccccc2)cc1)C(=O)O. The van der Waals surface area contributed by atoms with E-state index in [2.05, 4.69) is 17.4 Å². The summed E-state index contributed by atoms with van der Waals surface area (Å²) < 4.78 is 0. The number of nitrogens with one attached hydrogen (secondary N) is 1. The first-order valence-electron chi connectivity index (χ1n) is 6.81. The second-order valence-corrected chi connectivity index (χ2v) is 4.72. The first kappa shape index (κ1) is 14.3. The van der Waals surface area contributed by atoms with E-state index < -0.39 is 12.0 Å². The Hall–Kier alpha value is -2.13. The Morgan fingerprint density at radius 2 is 1.65 bits per heavy atom. The third kappa shape index (κ3) is 3.68. The highest BCUT2D eigenvalue weighted by atomic mass is 16.4. The zero-order chi connectivity index (χ0) is 14.4. The van der Waals surface area contributed by atoms with Crippen LogP contribution in [0.3, 0.4) is 0 Å². The van der Waals surface area contributed by atoms with Crippen molar-refractivity contribution < 1.29 is 9.90 Å². The Balaban J connectivity index is 2.10. The molecule has 0 radical (unpaired) electrons. The van der Waals surface area contributed by atoms with Crippen molar-refractivity contribution >= 4 is 5.97 Å². The summed E-state index contributed by atoms with van der Waals surface area (Å²) in [7, 11) is 0. The van der Waals surface area contributed by atoms with Crippen LogP contribution in [0.25, 0.3) is 11.1 Å². The quantitative estimate of drug-likeness (QED) is 0.847. The smallest absolute Gasteiger partial charge is 0.321 e. The first-order valence-corrected chi connectivity index (χ1v) is 6.81. The van der Waals surface area contributed by atoms with Crippen molar-refractivity contribution in [3.05, 3.63) is 60.2 Å². The Labute approximate surface area is 119 Å². The minimum absolute atomic E-state index is 0.498. The average molecular weight is 269 g/mol. The average Bonchev–Trinajstić information content (AvgIpc) is 2.48. The molecule has 0 spiro atoms. The van der Waals surface area contributed by atoms with Gasteiger partial charge in [-0.15, -0.1) is 0 Å². The van der Waals surface area contributed by atoms with Gasteiger partial charge >= 0.3 is 5.97 Å². The molecule has 0 bridgehead atoms. The monoisotopic (exact) mass is 269 g/mol. The maximum atomic E-state index is 11.1. The summed E-state index contributed by atoms with van der Waals surface area (Å²) in [6, 6.07) is 17.7. The molecule has 0 aliphatic carbocycles. The highest BCUT2D eigenvalue weighted by Crippen LogP contribution is 2.19. The van der Waals surface area contributed by atoms with Gasteiger partial charge in [-0.05, 0) is 29.7 Å². The van der Waals surface area contributed by atoms with Crippen molar-refractivity contribution in [2.24, 2.45) is 0 Å². The van der Waals surface area contributed by atoms with E-state index in [9.17, 15) is 4.79 Å². The maximum absolute atomic E-state index is 11.1. The van der Waals surface area contributed by atoms with Crippen molar-refractivity contribution in [1.82, 2.24) is 5.32 Å². The van der Waals surface area contributed by atoms with Crippen molar-refractivity contribution in [3.63, 3.8) is 0 Å². The van der Waals surface area contributed by atoms with Crippen molar-refractivity contribution in [1.29, 1.82) is 0 Å². The topological polar surface area (TPSA) is 49.3 Å². The van der Waals surface area contributed by atoms with Crippen molar-refractivity contribution in [2.75, 3.05) is 6.54 Å². The van der Waals surface area contributed by atoms with E-state index in [4.69, 9.17) is 5.11 Å². The van der Waals surface area contributed by atoms with Crippen LogP contribution >= 0.6 is 0 Å². The zero-order valence-corrected chi connectivity index (χ0v) is 11.5. The van der Waals surface area contributed by atoms with Crippen LogP contribution in [0.1, 0.15) is 12.5 Å². The molecule has 3 heteroatoms. The highest BCUT2D eigenvalue weighted by molar-refractivity contribution is 5.74. The molecule has 1 atom stereocenters. The van der Waals surface area contributed by atoms with Crippen LogP contribution in [-0.4, -0.2) is 23.7 Å². The molecule has 2 aromatic rings. The van der Waals surface area contributed by atoms with E-state index in [0.717, 1.165) is 11.1 Å². The standard InChI is InChI=1S/C17H19NO2/c1-2-18-16(17(19)20)12-13-8-10-15(11-9-13)14-6-4-3-5-7-14/h3-11,16,18H,2,12H2,1H3,(H,19,20). The third-order valence-corrected chi connectivity index (χ3v) is 3.25. The lowest BCUT2D eigenvalue weighted by Gasteiger charge is -2.13. The van der Waals surface area contributed by atoms with Crippen LogP contribution in [0.5, 0.6) is 0 Å². The maximum Gasteiger partial charge on any atom is 0.321 e.